The summed E-state index contributed by atoms with van der Waals surface area (Å²) in [5, 5.41) is 29.2. The minimum atomic E-state index is -1.22. The number of nitrogens with zero attached hydrogens (tertiary/aromatic N) is 1. The SMILES string of the molecule is Cc1cc2cc(C#N)cc(-c3cccc(C(=O)O)c3O)c2o1. The molecule has 0 saturated carbocycles. The smallest absolute Gasteiger partial charge is 0.339 e. The second kappa shape index (κ2) is 4.93. The maximum Gasteiger partial charge on any atom is 0.339 e. The first-order valence-corrected chi connectivity index (χ1v) is 6.51. The summed E-state index contributed by atoms with van der Waals surface area (Å²) in [5.74, 6) is -0.900. The topological polar surface area (TPSA) is 94.5 Å². The summed E-state index contributed by atoms with van der Waals surface area (Å²) < 4.78 is 5.64. The van der Waals surface area contributed by atoms with Crippen molar-refractivity contribution in [3.63, 3.8) is 0 Å². The highest BCUT2D eigenvalue weighted by molar-refractivity contribution is 5.99. The van der Waals surface area contributed by atoms with Crippen molar-refractivity contribution in [2.45, 2.75) is 6.92 Å². The number of aromatic carboxylic acids is 1. The van der Waals surface area contributed by atoms with E-state index in [1.807, 2.05) is 0 Å². The number of furan rings is 1. The van der Waals surface area contributed by atoms with E-state index in [4.69, 9.17) is 14.8 Å². The summed E-state index contributed by atoms with van der Waals surface area (Å²) in [6, 6.07) is 11.6. The van der Waals surface area contributed by atoms with E-state index in [0.29, 0.717) is 28.0 Å². The van der Waals surface area contributed by atoms with Gasteiger partial charge < -0.3 is 14.6 Å². The number of para-hydroxylation sites is 1. The third-order valence-electron chi connectivity index (χ3n) is 3.43. The zero-order valence-corrected chi connectivity index (χ0v) is 11.6. The molecule has 0 spiro atoms. The lowest BCUT2D eigenvalue weighted by atomic mass is 9.98. The van der Waals surface area contributed by atoms with Crippen LogP contribution >= 0.6 is 0 Å². The molecule has 3 aromatic rings. The van der Waals surface area contributed by atoms with Gasteiger partial charge in [0.25, 0.3) is 0 Å². The Hall–Kier alpha value is -3.26. The van der Waals surface area contributed by atoms with Gasteiger partial charge in [-0.2, -0.15) is 5.26 Å². The summed E-state index contributed by atoms with van der Waals surface area (Å²) in [6.45, 7) is 1.78. The third-order valence-corrected chi connectivity index (χ3v) is 3.43. The van der Waals surface area contributed by atoms with Gasteiger partial charge in [0, 0.05) is 16.5 Å². The van der Waals surface area contributed by atoms with Crippen molar-refractivity contribution in [1.29, 1.82) is 5.26 Å². The van der Waals surface area contributed by atoms with Crippen LogP contribution in [0.3, 0.4) is 0 Å². The highest BCUT2D eigenvalue weighted by atomic mass is 16.4. The third kappa shape index (κ3) is 2.07. The molecule has 108 valence electrons. The minimum Gasteiger partial charge on any atom is -0.506 e. The Kier molecular flexibility index (Phi) is 3.08. The van der Waals surface area contributed by atoms with Gasteiger partial charge in [0.1, 0.15) is 22.7 Å². The van der Waals surface area contributed by atoms with Crippen molar-refractivity contribution in [3.05, 3.63) is 53.3 Å². The summed E-state index contributed by atoms with van der Waals surface area (Å²) in [7, 11) is 0. The summed E-state index contributed by atoms with van der Waals surface area (Å²) in [4.78, 5) is 11.2. The molecule has 0 saturated heterocycles. The first-order chi connectivity index (χ1) is 10.5. The Morgan fingerprint density at radius 2 is 2.00 bits per heavy atom. The van der Waals surface area contributed by atoms with Gasteiger partial charge >= 0.3 is 5.97 Å². The van der Waals surface area contributed by atoms with Crippen molar-refractivity contribution in [2.75, 3.05) is 0 Å². The van der Waals surface area contributed by atoms with Crippen LogP contribution in [0.15, 0.2) is 40.8 Å². The Labute approximate surface area is 125 Å². The number of carbonyl (C=O) groups is 1. The van der Waals surface area contributed by atoms with Crippen LogP contribution in [0.25, 0.3) is 22.1 Å². The van der Waals surface area contributed by atoms with Gasteiger partial charge in [-0.3, -0.25) is 0 Å². The highest BCUT2D eigenvalue weighted by Crippen LogP contribution is 2.38. The van der Waals surface area contributed by atoms with Gasteiger partial charge in [-0.25, -0.2) is 4.79 Å². The molecule has 1 aromatic heterocycles. The van der Waals surface area contributed by atoms with Crippen molar-refractivity contribution >= 4 is 16.9 Å². The molecule has 0 aliphatic carbocycles. The van der Waals surface area contributed by atoms with Crippen LogP contribution in [-0.2, 0) is 0 Å². The van der Waals surface area contributed by atoms with Crippen LogP contribution in [-0.4, -0.2) is 16.2 Å². The van der Waals surface area contributed by atoms with Gasteiger partial charge in [0.05, 0.1) is 11.6 Å². The van der Waals surface area contributed by atoms with E-state index in [0.717, 1.165) is 5.39 Å². The first kappa shape index (κ1) is 13.7. The van der Waals surface area contributed by atoms with Crippen LogP contribution in [0.5, 0.6) is 5.75 Å². The zero-order valence-electron chi connectivity index (χ0n) is 11.6. The van der Waals surface area contributed by atoms with E-state index in [1.165, 1.54) is 6.07 Å². The quantitative estimate of drug-likeness (QED) is 0.751. The molecule has 0 fully saturated rings. The fourth-order valence-electron chi connectivity index (χ4n) is 2.48. The number of aromatic hydroxyl groups is 1. The van der Waals surface area contributed by atoms with Crippen LogP contribution in [0.2, 0.25) is 0 Å². The Morgan fingerprint density at radius 3 is 2.68 bits per heavy atom. The molecule has 0 bridgehead atoms. The fraction of sp³-hybridized carbons (Fsp3) is 0.0588. The molecule has 5 heteroatoms. The molecule has 0 aliphatic heterocycles. The number of carboxylic acid groups (broad SMARTS) is 1. The Bertz CT molecular complexity index is 947. The Balaban J connectivity index is 2.37. The van der Waals surface area contributed by atoms with Crippen molar-refractivity contribution < 1.29 is 19.4 Å². The van der Waals surface area contributed by atoms with Crippen LogP contribution < -0.4 is 0 Å². The van der Waals surface area contributed by atoms with E-state index >= 15 is 0 Å². The summed E-state index contributed by atoms with van der Waals surface area (Å²) >= 11 is 0. The van der Waals surface area contributed by atoms with E-state index in [9.17, 15) is 9.90 Å². The van der Waals surface area contributed by atoms with E-state index in [-0.39, 0.29) is 11.3 Å². The van der Waals surface area contributed by atoms with E-state index in [1.54, 1.807) is 37.3 Å². The molecular formula is C17H11NO4. The number of rotatable bonds is 2. The molecule has 1 heterocycles. The maximum atomic E-state index is 11.2. The number of nitriles is 1. The molecule has 0 unspecified atom stereocenters. The minimum absolute atomic E-state index is 0.198. The largest absolute Gasteiger partial charge is 0.506 e. The van der Waals surface area contributed by atoms with Crippen molar-refractivity contribution in [1.82, 2.24) is 0 Å². The van der Waals surface area contributed by atoms with Crippen LogP contribution in [0, 0.1) is 18.3 Å². The number of hydrogen-bond acceptors (Lipinski definition) is 4. The standard InChI is InChI=1S/C17H11NO4/c1-9-5-11-6-10(8-18)7-14(16(11)22-9)12-3-2-4-13(15(12)19)17(20)21/h2-7,19H,1H3,(H,20,21). The fourth-order valence-corrected chi connectivity index (χ4v) is 2.48. The lowest BCUT2D eigenvalue weighted by molar-refractivity contribution is 0.0694. The number of fused-ring (bicyclic) bond motifs is 1. The molecule has 5 nitrogen and oxygen atoms in total. The molecule has 0 radical (unpaired) electrons. The maximum absolute atomic E-state index is 11.2. The van der Waals surface area contributed by atoms with E-state index in [2.05, 4.69) is 6.07 Å². The predicted octanol–water partition coefficient (Wildman–Crippen LogP) is 3.68. The van der Waals surface area contributed by atoms with Gasteiger partial charge in [-0.05, 0) is 31.2 Å². The lowest BCUT2D eigenvalue weighted by Crippen LogP contribution is -1.97. The molecule has 3 rings (SSSR count). The van der Waals surface area contributed by atoms with Gasteiger partial charge in [-0.15, -0.1) is 0 Å². The molecule has 0 atom stereocenters. The number of benzene rings is 2. The average molecular weight is 293 g/mol. The summed E-state index contributed by atoms with van der Waals surface area (Å²) in [5.41, 5.74) is 1.52. The van der Waals surface area contributed by atoms with Crippen LogP contribution in [0.4, 0.5) is 0 Å². The van der Waals surface area contributed by atoms with Gasteiger partial charge in [-0.1, -0.05) is 12.1 Å². The van der Waals surface area contributed by atoms with Gasteiger partial charge in [0.15, 0.2) is 0 Å². The van der Waals surface area contributed by atoms with Crippen LogP contribution in [0.1, 0.15) is 21.7 Å². The molecule has 2 aromatic carbocycles. The second-order valence-electron chi connectivity index (χ2n) is 4.92. The number of aryl methyl sites for hydroxylation is 1. The van der Waals surface area contributed by atoms with Crippen molar-refractivity contribution in [3.8, 4) is 22.9 Å². The number of hydrogen-bond donors (Lipinski definition) is 2. The van der Waals surface area contributed by atoms with Gasteiger partial charge in [0.2, 0.25) is 0 Å². The average Bonchev–Trinajstić information content (AvgIpc) is 2.86. The molecule has 0 amide bonds. The molecular weight excluding hydrogens is 282 g/mol. The predicted molar refractivity (Wildman–Crippen MR) is 79.7 cm³/mol. The lowest BCUT2D eigenvalue weighted by Gasteiger charge is -2.08. The number of carboxylic acids is 1. The van der Waals surface area contributed by atoms with E-state index < -0.39 is 5.97 Å². The number of phenols is 1. The monoisotopic (exact) mass is 293 g/mol. The second-order valence-corrected chi connectivity index (χ2v) is 4.92. The van der Waals surface area contributed by atoms with Crippen molar-refractivity contribution in [2.24, 2.45) is 0 Å². The normalized spacial score (nSPS) is 10.5. The highest BCUT2D eigenvalue weighted by Gasteiger charge is 2.18. The first-order valence-electron chi connectivity index (χ1n) is 6.51. The Morgan fingerprint density at radius 1 is 1.23 bits per heavy atom. The molecule has 22 heavy (non-hydrogen) atoms. The molecule has 2 N–H and O–H groups in total. The zero-order chi connectivity index (χ0) is 15.9. The molecule has 0 aliphatic rings. The summed E-state index contributed by atoms with van der Waals surface area (Å²) in [6.07, 6.45) is 0.